The maximum Gasteiger partial charge on any atom is 0.295 e. The van der Waals surface area contributed by atoms with E-state index < -0.39 is 17.7 Å². The Labute approximate surface area is 178 Å². The van der Waals surface area contributed by atoms with Gasteiger partial charge in [-0.25, -0.2) is 0 Å². The number of likely N-dealkylation sites (tertiary alicyclic amines) is 1. The van der Waals surface area contributed by atoms with Crippen LogP contribution in [0.2, 0.25) is 0 Å². The molecule has 1 atom stereocenters. The zero-order valence-electron chi connectivity index (χ0n) is 16.7. The van der Waals surface area contributed by atoms with Gasteiger partial charge in [-0.3, -0.25) is 14.6 Å². The molecule has 1 aliphatic heterocycles. The first-order valence-corrected chi connectivity index (χ1v) is 9.60. The van der Waals surface area contributed by atoms with Crippen LogP contribution >= 0.6 is 0 Å². The molecule has 1 aliphatic rings. The fourth-order valence-corrected chi connectivity index (χ4v) is 3.66. The monoisotopic (exact) mass is 416 g/mol. The van der Waals surface area contributed by atoms with Crippen molar-refractivity contribution in [3.05, 3.63) is 95.3 Å². The quantitative estimate of drug-likeness (QED) is 0.376. The number of aliphatic hydroxyl groups is 1. The number of benzene rings is 2. The summed E-state index contributed by atoms with van der Waals surface area (Å²) >= 11 is 0. The molecule has 1 saturated heterocycles. The lowest BCUT2D eigenvalue weighted by Crippen LogP contribution is -2.29. The summed E-state index contributed by atoms with van der Waals surface area (Å²) in [5.74, 6) is -1.20. The van der Waals surface area contributed by atoms with E-state index >= 15 is 0 Å². The van der Waals surface area contributed by atoms with E-state index in [0.29, 0.717) is 16.9 Å². The Balaban J connectivity index is 1.86. The third-order valence-corrected chi connectivity index (χ3v) is 5.19. The third-order valence-electron chi connectivity index (χ3n) is 5.19. The molecule has 1 amide bonds. The van der Waals surface area contributed by atoms with Crippen LogP contribution in [0.4, 0.5) is 0 Å². The number of hydrogen-bond acceptors (Lipinski definition) is 6. The van der Waals surface area contributed by atoms with Crippen molar-refractivity contribution in [2.45, 2.75) is 12.6 Å². The molecule has 7 heteroatoms. The van der Waals surface area contributed by atoms with Crippen molar-refractivity contribution in [2.75, 3.05) is 7.11 Å². The second-order valence-corrected chi connectivity index (χ2v) is 7.11. The van der Waals surface area contributed by atoms with Gasteiger partial charge in [-0.2, -0.15) is 0 Å². The lowest BCUT2D eigenvalue weighted by molar-refractivity contribution is -0.140. The van der Waals surface area contributed by atoms with Crippen LogP contribution in [0, 0.1) is 0 Å². The lowest BCUT2D eigenvalue weighted by Gasteiger charge is -2.25. The van der Waals surface area contributed by atoms with Gasteiger partial charge in [-0.05, 0) is 47.5 Å². The highest BCUT2D eigenvalue weighted by atomic mass is 16.5. The summed E-state index contributed by atoms with van der Waals surface area (Å²) in [5, 5.41) is 20.7. The number of phenolic OH excluding ortho intramolecular Hbond substituents is 1. The van der Waals surface area contributed by atoms with Gasteiger partial charge in [-0.1, -0.05) is 24.3 Å². The number of ether oxygens (including phenoxy) is 1. The minimum absolute atomic E-state index is 0.0157. The van der Waals surface area contributed by atoms with Crippen LogP contribution in [0.25, 0.3) is 5.76 Å². The Kier molecular flexibility index (Phi) is 5.41. The van der Waals surface area contributed by atoms with Crippen molar-refractivity contribution in [2.24, 2.45) is 0 Å². The smallest absolute Gasteiger partial charge is 0.295 e. The van der Waals surface area contributed by atoms with Gasteiger partial charge >= 0.3 is 0 Å². The molecule has 31 heavy (non-hydrogen) atoms. The van der Waals surface area contributed by atoms with Crippen LogP contribution in [0.1, 0.15) is 22.7 Å². The fraction of sp³-hybridized carbons (Fsp3) is 0.125. The first-order valence-electron chi connectivity index (χ1n) is 9.60. The number of methoxy groups -OCH3 is 1. The highest BCUT2D eigenvalue weighted by Crippen LogP contribution is 2.40. The molecule has 2 heterocycles. The van der Waals surface area contributed by atoms with E-state index in [1.807, 2.05) is 0 Å². The topological polar surface area (TPSA) is 100.0 Å². The number of carbonyl (C=O) groups is 2. The van der Waals surface area contributed by atoms with E-state index in [4.69, 9.17) is 4.74 Å². The number of phenols is 1. The summed E-state index contributed by atoms with van der Waals surface area (Å²) in [5.41, 5.74) is 1.74. The van der Waals surface area contributed by atoms with Crippen LogP contribution in [0.5, 0.6) is 11.5 Å². The largest absolute Gasteiger partial charge is 0.508 e. The number of Topliss-reactive ketones (excluding diaryl/α,β-unsaturated/α-hetero) is 1. The molecule has 7 nitrogen and oxygen atoms in total. The Morgan fingerprint density at radius 2 is 1.77 bits per heavy atom. The summed E-state index contributed by atoms with van der Waals surface area (Å²) in [4.78, 5) is 31.4. The Morgan fingerprint density at radius 3 is 2.45 bits per heavy atom. The number of amides is 1. The molecule has 0 spiro atoms. The Morgan fingerprint density at radius 1 is 1.06 bits per heavy atom. The molecular formula is C24H20N2O5. The van der Waals surface area contributed by atoms with E-state index in [0.717, 1.165) is 5.56 Å². The highest BCUT2D eigenvalue weighted by Gasteiger charge is 2.46. The molecule has 1 unspecified atom stereocenters. The van der Waals surface area contributed by atoms with Crippen molar-refractivity contribution in [3.8, 4) is 11.5 Å². The number of nitrogens with zero attached hydrogens (tertiary/aromatic N) is 2. The van der Waals surface area contributed by atoms with E-state index in [1.54, 1.807) is 60.9 Å². The molecule has 2 aromatic carbocycles. The highest BCUT2D eigenvalue weighted by molar-refractivity contribution is 6.46. The first kappa shape index (κ1) is 20.2. The summed E-state index contributed by atoms with van der Waals surface area (Å²) < 4.78 is 5.21. The maximum atomic E-state index is 13.0. The molecule has 0 aliphatic carbocycles. The molecule has 0 saturated carbocycles. The number of pyridine rings is 1. The van der Waals surface area contributed by atoms with Gasteiger partial charge in [0, 0.05) is 24.5 Å². The normalized spacial score (nSPS) is 17.7. The number of aliphatic hydroxyl groups excluding tert-OH is 1. The van der Waals surface area contributed by atoms with E-state index in [2.05, 4.69) is 4.98 Å². The Hall–Kier alpha value is -4.13. The molecule has 1 fully saturated rings. The van der Waals surface area contributed by atoms with E-state index in [1.165, 1.54) is 24.1 Å². The minimum Gasteiger partial charge on any atom is -0.508 e. The van der Waals surface area contributed by atoms with Gasteiger partial charge in [0.1, 0.15) is 17.3 Å². The molecule has 1 aromatic heterocycles. The van der Waals surface area contributed by atoms with Gasteiger partial charge in [0.2, 0.25) is 0 Å². The van der Waals surface area contributed by atoms with E-state index in [9.17, 15) is 19.8 Å². The van der Waals surface area contributed by atoms with Gasteiger partial charge in [-0.15, -0.1) is 0 Å². The number of hydrogen-bond donors (Lipinski definition) is 2. The zero-order valence-corrected chi connectivity index (χ0v) is 16.7. The van der Waals surface area contributed by atoms with Crippen LogP contribution < -0.4 is 4.74 Å². The molecule has 4 rings (SSSR count). The predicted octanol–water partition coefficient (Wildman–Crippen LogP) is 3.42. The van der Waals surface area contributed by atoms with Crippen LogP contribution in [0.3, 0.4) is 0 Å². The summed E-state index contributed by atoms with van der Waals surface area (Å²) in [6, 6.07) is 15.6. The SMILES string of the molecule is COc1cccc(C(O)=C2C(=O)C(=O)N(Cc3ccncc3)C2c2ccc(O)cc2)c1. The van der Waals surface area contributed by atoms with Crippen molar-refractivity contribution in [3.63, 3.8) is 0 Å². The van der Waals surface area contributed by atoms with Gasteiger partial charge in [0.25, 0.3) is 11.7 Å². The number of rotatable bonds is 5. The molecule has 3 aromatic rings. The van der Waals surface area contributed by atoms with Crippen molar-refractivity contribution in [1.82, 2.24) is 9.88 Å². The minimum atomic E-state index is -0.819. The zero-order chi connectivity index (χ0) is 22.0. The van der Waals surface area contributed by atoms with Gasteiger partial charge < -0.3 is 19.8 Å². The summed E-state index contributed by atoms with van der Waals surface area (Å²) in [7, 11) is 1.50. The molecule has 156 valence electrons. The van der Waals surface area contributed by atoms with Gasteiger partial charge in [0.15, 0.2) is 0 Å². The number of aromatic nitrogens is 1. The molecule has 0 radical (unpaired) electrons. The van der Waals surface area contributed by atoms with Crippen molar-refractivity contribution in [1.29, 1.82) is 0 Å². The third kappa shape index (κ3) is 3.85. The summed E-state index contributed by atoms with van der Waals surface area (Å²) in [6.07, 6.45) is 3.22. The van der Waals surface area contributed by atoms with Crippen molar-refractivity contribution >= 4 is 17.4 Å². The Bertz CT molecular complexity index is 1160. The number of carbonyl (C=O) groups excluding carboxylic acids is 2. The lowest BCUT2D eigenvalue weighted by atomic mass is 9.95. The van der Waals surface area contributed by atoms with Gasteiger partial charge in [0.05, 0.1) is 18.7 Å². The number of ketones is 1. The predicted molar refractivity (Wildman–Crippen MR) is 113 cm³/mol. The number of aromatic hydroxyl groups is 1. The average molecular weight is 416 g/mol. The summed E-state index contributed by atoms with van der Waals surface area (Å²) in [6.45, 7) is 0.160. The first-order chi connectivity index (χ1) is 15.0. The molecule has 2 N–H and O–H groups in total. The maximum absolute atomic E-state index is 13.0. The fourth-order valence-electron chi connectivity index (χ4n) is 3.66. The van der Waals surface area contributed by atoms with Crippen LogP contribution in [-0.4, -0.2) is 38.9 Å². The van der Waals surface area contributed by atoms with Crippen molar-refractivity contribution < 1.29 is 24.5 Å². The molecule has 0 bridgehead atoms. The second-order valence-electron chi connectivity index (χ2n) is 7.11. The standard InChI is InChI=1S/C24H20N2O5/c1-31-19-4-2-3-17(13-19)22(28)20-21(16-5-7-18(27)8-6-16)26(24(30)23(20)29)14-15-9-11-25-12-10-15/h2-13,21,27-28H,14H2,1H3. The van der Waals surface area contributed by atoms with E-state index in [-0.39, 0.29) is 23.6 Å². The molecular weight excluding hydrogens is 396 g/mol. The average Bonchev–Trinajstić information content (AvgIpc) is 3.05. The van der Waals surface area contributed by atoms with Crippen LogP contribution in [0.15, 0.2) is 78.6 Å². The van der Waals surface area contributed by atoms with Crippen LogP contribution in [-0.2, 0) is 16.1 Å². The second kappa shape index (κ2) is 8.31.